The molecule has 194 valence electrons. The number of fused-ring (bicyclic) bond motifs is 2. The maximum Gasteiger partial charge on any atom is 0.490 e. The number of aromatic amines is 1. The van der Waals surface area contributed by atoms with Crippen molar-refractivity contribution < 1.29 is 27.9 Å². The second-order valence-corrected chi connectivity index (χ2v) is 8.31. The van der Waals surface area contributed by atoms with Crippen LogP contribution in [0, 0.1) is 0 Å². The number of alkyl halides is 3. The van der Waals surface area contributed by atoms with Crippen molar-refractivity contribution in [2.24, 2.45) is 0 Å². The number of para-hydroxylation sites is 1. The molecule has 3 aromatic heterocycles. The molecule has 0 aliphatic heterocycles. The molecule has 0 saturated heterocycles. The van der Waals surface area contributed by atoms with Gasteiger partial charge < -0.3 is 15.4 Å². The molecule has 0 fully saturated rings. The summed E-state index contributed by atoms with van der Waals surface area (Å²) in [5.74, 6) is -2.61. The fourth-order valence-corrected chi connectivity index (χ4v) is 3.84. The third-order valence-corrected chi connectivity index (χ3v) is 5.87. The number of hydrogen-bond donors (Lipinski definition) is 3. The number of carbonyl (C=O) groups excluding carboxylic acids is 1. The summed E-state index contributed by atoms with van der Waals surface area (Å²) in [6.07, 6.45) is 0.180. The van der Waals surface area contributed by atoms with Gasteiger partial charge >= 0.3 is 12.1 Å². The summed E-state index contributed by atoms with van der Waals surface area (Å²) in [4.78, 5) is 38.8. The fraction of sp³-hybridized carbons (Fsp3) is 0.148. The van der Waals surface area contributed by atoms with Crippen molar-refractivity contribution in [1.29, 1.82) is 0 Å². The third-order valence-electron chi connectivity index (χ3n) is 5.87. The van der Waals surface area contributed by atoms with Crippen LogP contribution in [0.15, 0.2) is 73.2 Å². The lowest BCUT2D eigenvalue weighted by Crippen LogP contribution is -2.21. The van der Waals surface area contributed by atoms with Crippen molar-refractivity contribution in [3.63, 3.8) is 0 Å². The van der Waals surface area contributed by atoms with Crippen LogP contribution in [0.5, 0.6) is 0 Å². The number of rotatable bonds is 5. The van der Waals surface area contributed by atoms with Crippen LogP contribution in [0.1, 0.15) is 34.7 Å². The molecule has 1 unspecified atom stereocenters. The van der Waals surface area contributed by atoms with Crippen LogP contribution in [0.25, 0.3) is 33.1 Å². The number of imidazole rings is 1. The fourth-order valence-electron chi connectivity index (χ4n) is 3.84. The van der Waals surface area contributed by atoms with E-state index in [4.69, 9.17) is 9.90 Å². The Bertz CT molecular complexity index is 1630. The number of benzene rings is 2. The van der Waals surface area contributed by atoms with Crippen LogP contribution in [0.4, 0.5) is 13.2 Å². The number of aliphatic carboxylic acids is 1. The molecule has 5 aromatic rings. The van der Waals surface area contributed by atoms with E-state index in [0.29, 0.717) is 17.1 Å². The number of nitrogens with zero attached hydrogens (tertiary/aromatic N) is 3. The summed E-state index contributed by atoms with van der Waals surface area (Å²) in [5, 5.41) is 12.4. The summed E-state index contributed by atoms with van der Waals surface area (Å²) < 4.78 is 31.7. The van der Waals surface area contributed by atoms with Crippen LogP contribution < -0.4 is 5.32 Å². The number of nitrogens with one attached hydrogen (secondary N) is 2. The minimum Gasteiger partial charge on any atom is -0.475 e. The lowest BCUT2D eigenvalue weighted by Gasteiger charge is -2.10. The normalized spacial score (nSPS) is 12.1. The first-order valence-electron chi connectivity index (χ1n) is 11.4. The highest BCUT2D eigenvalue weighted by atomic mass is 19.4. The first kappa shape index (κ1) is 26.4. The molecule has 0 spiro atoms. The lowest BCUT2D eigenvalue weighted by atomic mass is 10.0. The van der Waals surface area contributed by atoms with Gasteiger partial charge in [0.25, 0.3) is 0 Å². The summed E-state index contributed by atoms with van der Waals surface area (Å²) in [6.45, 7) is 2.07. The molecular weight excluding hydrogens is 499 g/mol. The molecule has 3 heterocycles. The van der Waals surface area contributed by atoms with E-state index in [1.807, 2.05) is 55.7 Å². The van der Waals surface area contributed by atoms with E-state index in [1.165, 1.54) is 0 Å². The van der Waals surface area contributed by atoms with E-state index in [2.05, 4.69) is 32.2 Å². The molecule has 0 amide bonds. The smallest absolute Gasteiger partial charge is 0.475 e. The number of ketones is 1. The highest BCUT2D eigenvalue weighted by molar-refractivity contribution is 6.09. The van der Waals surface area contributed by atoms with Crippen molar-refractivity contribution >= 4 is 33.6 Å². The maximum atomic E-state index is 13.3. The molecule has 0 bridgehead atoms. The zero-order valence-electron chi connectivity index (χ0n) is 20.2. The quantitative estimate of drug-likeness (QED) is 0.268. The van der Waals surface area contributed by atoms with Gasteiger partial charge in [-0.1, -0.05) is 36.4 Å². The average Bonchev–Trinajstić information content (AvgIpc) is 3.36. The van der Waals surface area contributed by atoms with Crippen LogP contribution in [-0.4, -0.2) is 50.0 Å². The number of carbonyl (C=O) groups is 2. The standard InChI is InChI=1S/C25H21N5O.C2HF3O2/c1-15(26-2)18-8-5-9-21-23(18)30-25(29-21)24(31)16-10-11-28-22(12-16)20-14-27-13-17-6-3-4-7-19(17)20;3-2(4,5)1(6)7/h3-15,26H,1-2H3,(H,29,30);(H,6,7). The van der Waals surface area contributed by atoms with E-state index in [-0.39, 0.29) is 11.8 Å². The highest BCUT2D eigenvalue weighted by Gasteiger charge is 2.38. The number of hydrogen-bond acceptors (Lipinski definition) is 6. The van der Waals surface area contributed by atoms with Crippen molar-refractivity contribution in [3.05, 3.63) is 90.1 Å². The van der Waals surface area contributed by atoms with Gasteiger partial charge in [0.05, 0.1) is 16.7 Å². The molecule has 0 saturated carbocycles. The van der Waals surface area contributed by atoms with Gasteiger partial charge in [-0.2, -0.15) is 13.2 Å². The largest absolute Gasteiger partial charge is 0.490 e. The SMILES string of the molecule is CNC(C)c1cccc2[nH]c(C(=O)c3ccnc(-c4cncc5ccccc45)c3)nc12.O=C(O)C(F)(F)F. The van der Waals surface area contributed by atoms with Crippen LogP contribution in [0.3, 0.4) is 0 Å². The second-order valence-electron chi connectivity index (χ2n) is 8.31. The average molecular weight is 521 g/mol. The summed E-state index contributed by atoms with van der Waals surface area (Å²) in [7, 11) is 1.91. The predicted octanol–water partition coefficient (Wildman–Crippen LogP) is 5.32. The molecule has 5 rings (SSSR count). The first-order valence-corrected chi connectivity index (χ1v) is 11.4. The van der Waals surface area contributed by atoms with Gasteiger partial charge in [0.15, 0.2) is 5.82 Å². The Labute approximate surface area is 214 Å². The number of carboxylic acid groups (broad SMARTS) is 1. The minimum absolute atomic E-state index is 0.126. The Kier molecular flexibility index (Phi) is 7.49. The van der Waals surface area contributed by atoms with E-state index in [0.717, 1.165) is 32.9 Å². The van der Waals surface area contributed by atoms with Crippen LogP contribution in [-0.2, 0) is 4.79 Å². The van der Waals surface area contributed by atoms with Crippen molar-refractivity contribution in [1.82, 2.24) is 25.3 Å². The molecule has 0 radical (unpaired) electrons. The molecule has 38 heavy (non-hydrogen) atoms. The molecule has 8 nitrogen and oxygen atoms in total. The Hall–Kier alpha value is -4.64. The summed E-state index contributed by atoms with van der Waals surface area (Å²) in [6, 6.07) is 17.6. The number of pyridine rings is 2. The third kappa shape index (κ3) is 5.52. The zero-order chi connectivity index (χ0) is 27.4. The van der Waals surface area contributed by atoms with E-state index >= 15 is 0 Å². The van der Waals surface area contributed by atoms with Gasteiger partial charge in [-0.05, 0) is 43.1 Å². The van der Waals surface area contributed by atoms with Gasteiger partial charge in [0, 0.05) is 41.1 Å². The maximum absolute atomic E-state index is 13.3. The second kappa shape index (κ2) is 10.8. The van der Waals surface area contributed by atoms with Crippen molar-refractivity contribution in [2.45, 2.75) is 19.1 Å². The molecule has 0 aliphatic carbocycles. The van der Waals surface area contributed by atoms with Crippen molar-refractivity contribution in [2.75, 3.05) is 7.05 Å². The Morgan fingerprint density at radius 3 is 2.50 bits per heavy atom. The summed E-state index contributed by atoms with van der Waals surface area (Å²) in [5.41, 5.74) is 4.82. The number of carboxylic acids is 1. The Morgan fingerprint density at radius 1 is 1.05 bits per heavy atom. The molecule has 2 aromatic carbocycles. The van der Waals surface area contributed by atoms with Gasteiger partial charge in [0.1, 0.15) is 0 Å². The van der Waals surface area contributed by atoms with Gasteiger partial charge in [-0.3, -0.25) is 14.8 Å². The van der Waals surface area contributed by atoms with Crippen LogP contribution >= 0.6 is 0 Å². The molecule has 1 atom stereocenters. The Morgan fingerprint density at radius 2 is 1.79 bits per heavy atom. The summed E-state index contributed by atoms with van der Waals surface area (Å²) >= 11 is 0. The van der Waals surface area contributed by atoms with Crippen molar-refractivity contribution in [3.8, 4) is 11.3 Å². The number of H-pyrrole nitrogens is 1. The topological polar surface area (TPSA) is 121 Å². The minimum atomic E-state index is -5.08. The molecular formula is C27H22F3N5O3. The van der Waals surface area contributed by atoms with Gasteiger partial charge in [-0.25, -0.2) is 9.78 Å². The van der Waals surface area contributed by atoms with E-state index in [1.54, 1.807) is 24.5 Å². The molecule has 0 aliphatic rings. The first-order chi connectivity index (χ1) is 18.1. The van der Waals surface area contributed by atoms with E-state index in [9.17, 15) is 18.0 Å². The lowest BCUT2D eigenvalue weighted by molar-refractivity contribution is -0.192. The van der Waals surface area contributed by atoms with Crippen LogP contribution in [0.2, 0.25) is 0 Å². The zero-order valence-corrected chi connectivity index (χ0v) is 20.2. The number of aromatic nitrogens is 4. The highest BCUT2D eigenvalue weighted by Crippen LogP contribution is 2.28. The van der Waals surface area contributed by atoms with Gasteiger partial charge in [-0.15, -0.1) is 0 Å². The van der Waals surface area contributed by atoms with Gasteiger partial charge in [0.2, 0.25) is 5.78 Å². The molecule has 3 N–H and O–H groups in total. The van der Waals surface area contributed by atoms with E-state index < -0.39 is 12.1 Å². The molecule has 11 heteroatoms. The number of halogens is 3. The Balaban J connectivity index is 0.000000426. The monoisotopic (exact) mass is 521 g/mol. The predicted molar refractivity (Wildman–Crippen MR) is 136 cm³/mol.